The smallest absolute Gasteiger partial charge is 0.271 e. The van der Waals surface area contributed by atoms with E-state index in [9.17, 15) is 18.5 Å². The maximum absolute atomic E-state index is 11.6. The molecule has 1 aliphatic rings. The van der Waals surface area contributed by atoms with Gasteiger partial charge in [-0.05, 0) is 25.3 Å². The number of benzene rings is 1. The van der Waals surface area contributed by atoms with Crippen molar-refractivity contribution in [3.8, 4) is 0 Å². The van der Waals surface area contributed by atoms with Gasteiger partial charge in [0.25, 0.3) is 5.69 Å². The number of aryl methyl sites for hydroxylation is 1. The van der Waals surface area contributed by atoms with E-state index < -0.39 is 14.8 Å². The van der Waals surface area contributed by atoms with Gasteiger partial charge < -0.3 is 5.32 Å². The van der Waals surface area contributed by atoms with Crippen molar-refractivity contribution < 1.29 is 13.3 Å². The molecule has 0 aliphatic carbocycles. The summed E-state index contributed by atoms with van der Waals surface area (Å²) in [7, 11) is -2.99. The molecule has 1 saturated heterocycles. The molecule has 1 heterocycles. The molecule has 1 aliphatic heterocycles. The topological polar surface area (TPSA) is 89.3 Å². The van der Waals surface area contributed by atoms with Crippen molar-refractivity contribution in [3.63, 3.8) is 0 Å². The Hall–Kier alpha value is -1.63. The van der Waals surface area contributed by atoms with E-state index in [0.717, 1.165) is 12.0 Å². The highest BCUT2D eigenvalue weighted by molar-refractivity contribution is 7.91. The highest BCUT2D eigenvalue weighted by Crippen LogP contribution is 2.24. The molecule has 1 unspecified atom stereocenters. The van der Waals surface area contributed by atoms with Crippen LogP contribution in [0.1, 0.15) is 18.4 Å². The minimum atomic E-state index is -2.99. The number of non-ortho nitro benzene ring substituents is 1. The molecule has 1 N–H and O–H groups in total. The van der Waals surface area contributed by atoms with E-state index in [-0.39, 0.29) is 23.2 Å². The highest BCUT2D eigenvalue weighted by Gasteiger charge is 2.25. The minimum Gasteiger partial charge on any atom is -0.381 e. The molecule has 0 aromatic heterocycles. The molecule has 0 spiro atoms. The summed E-state index contributed by atoms with van der Waals surface area (Å²) >= 11 is 0. The minimum absolute atomic E-state index is 0.00627. The van der Waals surface area contributed by atoms with E-state index in [0.29, 0.717) is 12.1 Å². The van der Waals surface area contributed by atoms with Gasteiger partial charge in [0, 0.05) is 23.9 Å². The molecule has 104 valence electrons. The summed E-state index contributed by atoms with van der Waals surface area (Å²) in [5.74, 6) is 0.328. The predicted molar refractivity (Wildman–Crippen MR) is 73.1 cm³/mol. The number of hydrogen-bond acceptors (Lipinski definition) is 5. The van der Waals surface area contributed by atoms with Gasteiger partial charge >= 0.3 is 0 Å². The maximum atomic E-state index is 11.6. The molecule has 0 radical (unpaired) electrons. The molecule has 0 amide bonds. The van der Waals surface area contributed by atoms with Crippen molar-refractivity contribution in [2.45, 2.75) is 25.8 Å². The van der Waals surface area contributed by atoms with Gasteiger partial charge in [0.1, 0.15) is 0 Å². The number of sulfone groups is 1. The fourth-order valence-corrected chi connectivity index (χ4v) is 3.87. The Balaban J connectivity index is 2.18. The van der Waals surface area contributed by atoms with Crippen LogP contribution in [0.25, 0.3) is 0 Å². The molecule has 0 bridgehead atoms. The van der Waals surface area contributed by atoms with Gasteiger partial charge in [-0.2, -0.15) is 0 Å². The van der Waals surface area contributed by atoms with Crippen LogP contribution in [0.5, 0.6) is 0 Å². The summed E-state index contributed by atoms with van der Waals surface area (Å²) in [4.78, 5) is 10.3. The Bertz CT molecular complexity index is 598. The quantitative estimate of drug-likeness (QED) is 0.676. The monoisotopic (exact) mass is 284 g/mol. The molecule has 6 nitrogen and oxygen atoms in total. The molecule has 1 fully saturated rings. The molecule has 1 aromatic rings. The van der Waals surface area contributed by atoms with Crippen LogP contribution in [0.15, 0.2) is 18.2 Å². The van der Waals surface area contributed by atoms with Crippen molar-refractivity contribution in [1.29, 1.82) is 0 Å². The van der Waals surface area contributed by atoms with Crippen LogP contribution in [0, 0.1) is 17.0 Å². The third-order valence-corrected chi connectivity index (χ3v) is 5.08. The van der Waals surface area contributed by atoms with Crippen LogP contribution in [-0.4, -0.2) is 30.9 Å². The maximum Gasteiger partial charge on any atom is 0.271 e. The van der Waals surface area contributed by atoms with E-state index in [1.165, 1.54) is 12.1 Å². The SMILES string of the molecule is Cc1ccc([N+](=O)[O-])cc1NC1CCCS(=O)(=O)C1. The second kappa shape index (κ2) is 5.16. The Morgan fingerprint density at radius 1 is 1.42 bits per heavy atom. The van der Waals surface area contributed by atoms with Gasteiger partial charge in [-0.25, -0.2) is 8.42 Å². The van der Waals surface area contributed by atoms with Crippen LogP contribution in [0.4, 0.5) is 11.4 Å². The first-order chi connectivity index (χ1) is 8.87. The van der Waals surface area contributed by atoms with E-state index in [4.69, 9.17) is 0 Å². The Morgan fingerprint density at radius 2 is 2.16 bits per heavy atom. The molecule has 1 aromatic carbocycles. The zero-order chi connectivity index (χ0) is 14.0. The second-order valence-electron chi connectivity index (χ2n) is 4.85. The fraction of sp³-hybridized carbons (Fsp3) is 0.500. The average Bonchev–Trinajstić information content (AvgIpc) is 2.30. The van der Waals surface area contributed by atoms with Gasteiger partial charge in [-0.1, -0.05) is 6.07 Å². The number of nitro benzene ring substituents is 1. The number of nitro groups is 1. The first kappa shape index (κ1) is 13.8. The van der Waals surface area contributed by atoms with Crippen LogP contribution in [-0.2, 0) is 9.84 Å². The van der Waals surface area contributed by atoms with Gasteiger partial charge in [-0.3, -0.25) is 10.1 Å². The molecule has 1 atom stereocenters. The largest absolute Gasteiger partial charge is 0.381 e. The van der Waals surface area contributed by atoms with Crippen LogP contribution < -0.4 is 5.32 Å². The summed E-state index contributed by atoms with van der Waals surface area (Å²) in [6.07, 6.45) is 1.40. The normalized spacial score (nSPS) is 21.8. The first-order valence-corrected chi connectivity index (χ1v) is 7.91. The van der Waals surface area contributed by atoms with Gasteiger partial charge in [0.15, 0.2) is 9.84 Å². The lowest BCUT2D eigenvalue weighted by molar-refractivity contribution is -0.384. The van der Waals surface area contributed by atoms with Gasteiger partial charge in [0.05, 0.1) is 16.4 Å². The Labute approximate surface area is 111 Å². The number of rotatable bonds is 3. The lowest BCUT2D eigenvalue weighted by Gasteiger charge is -2.24. The van der Waals surface area contributed by atoms with Crippen LogP contribution >= 0.6 is 0 Å². The number of nitrogens with one attached hydrogen (secondary N) is 1. The Kier molecular flexibility index (Phi) is 3.75. The van der Waals surface area contributed by atoms with Crippen molar-refractivity contribution in [3.05, 3.63) is 33.9 Å². The second-order valence-corrected chi connectivity index (χ2v) is 7.08. The summed E-state index contributed by atoms with van der Waals surface area (Å²) in [5.41, 5.74) is 1.51. The van der Waals surface area contributed by atoms with Crippen molar-refractivity contribution in [1.82, 2.24) is 0 Å². The van der Waals surface area contributed by atoms with E-state index >= 15 is 0 Å². The summed E-state index contributed by atoms with van der Waals surface area (Å²) < 4.78 is 23.1. The molecular weight excluding hydrogens is 268 g/mol. The van der Waals surface area contributed by atoms with Crippen molar-refractivity contribution in [2.24, 2.45) is 0 Å². The Morgan fingerprint density at radius 3 is 2.79 bits per heavy atom. The van der Waals surface area contributed by atoms with Crippen molar-refractivity contribution >= 4 is 21.2 Å². The first-order valence-electron chi connectivity index (χ1n) is 6.09. The molecule has 19 heavy (non-hydrogen) atoms. The lowest BCUT2D eigenvalue weighted by Crippen LogP contribution is -2.35. The molecule has 0 saturated carbocycles. The lowest BCUT2D eigenvalue weighted by atomic mass is 10.1. The third-order valence-electron chi connectivity index (χ3n) is 3.25. The predicted octanol–water partition coefficient (Wildman–Crippen LogP) is 1.89. The number of anilines is 1. The van der Waals surface area contributed by atoms with Gasteiger partial charge in [-0.15, -0.1) is 0 Å². The zero-order valence-electron chi connectivity index (χ0n) is 10.6. The fourth-order valence-electron chi connectivity index (χ4n) is 2.24. The molecule has 2 rings (SSSR count). The standard InChI is InChI=1S/C12H16N2O4S/c1-9-4-5-11(14(15)16)7-12(9)13-10-3-2-6-19(17,18)8-10/h4-5,7,10,13H,2-3,6,8H2,1H3. The molecule has 7 heteroatoms. The summed E-state index contributed by atoms with van der Waals surface area (Å²) in [6, 6.07) is 4.39. The average molecular weight is 284 g/mol. The van der Waals surface area contributed by atoms with Gasteiger partial charge in [0.2, 0.25) is 0 Å². The number of nitrogens with zero attached hydrogens (tertiary/aromatic N) is 1. The van der Waals surface area contributed by atoms with E-state index in [1.54, 1.807) is 6.07 Å². The number of hydrogen-bond donors (Lipinski definition) is 1. The highest BCUT2D eigenvalue weighted by atomic mass is 32.2. The molecular formula is C12H16N2O4S. The van der Waals surface area contributed by atoms with E-state index in [1.807, 2.05) is 6.92 Å². The van der Waals surface area contributed by atoms with Crippen LogP contribution in [0.3, 0.4) is 0 Å². The van der Waals surface area contributed by atoms with E-state index in [2.05, 4.69) is 5.32 Å². The van der Waals surface area contributed by atoms with Crippen molar-refractivity contribution in [2.75, 3.05) is 16.8 Å². The summed E-state index contributed by atoms with van der Waals surface area (Å²) in [6.45, 7) is 1.84. The zero-order valence-corrected chi connectivity index (χ0v) is 11.4. The van der Waals surface area contributed by atoms with Crippen LogP contribution in [0.2, 0.25) is 0 Å². The summed E-state index contributed by atoms with van der Waals surface area (Å²) in [5, 5.41) is 13.9. The third kappa shape index (κ3) is 3.44.